The Morgan fingerprint density at radius 1 is 0.833 bits per heavy atom. The van der Waals surface area contributed by atoms with Crippen molar-refractivity contribution in [2.75, 3.05) is 5.32 Å². The molecule has 5 heteroatoms. The van der Waals surface area contributed by atoms with Gasteiger partial charge in [-0.1, -0.05) is 36.4 Å². The fourth-order valence-electron chi connectivity index (χ4n) is 2.20. The molecule has 0 unspecified atom stereocenters. The zero-order valence-corrected chi connectivity index (χ0v) is 12.8. The zero-order valence-electron chi connectivity index (χ0n) is 12.8. The lowest BCUT2D eigenvalue weighted by molar-refractivity contribution is -0.384. The highest BCUT2D eigenvalue weighted by Gasteiger charge is 2.09. The summed E-state index contributed by atoms with van der Waals surface area (Å²) in [6.45, 7) is 0. The van der Waals surface area contributed by atoms with E-state index in [1.165, 1.54) is 12.1 Å². The highest BCUT2D eigenvalue weighted by Crippen LogP contribution is 2.18. The average molecular weight is 317 g/mol. The predicted octanol–water partition coefficient (Wildman–Crippen LogP) is 4.79. The largest absolute Gasteiger partial charge is 0.340 e. The molecule has 0 aliphatic carbocycles. The lowest BCUT2D eigenvalue weighted by Gasteiger charge is -2.10. The van der Waals surface area contributed by atoms with Crippen LogP contribution in [0.15, 0.2) is 89.9 Å². The number of rotatable bonds is 4. The molecule has 0 aromatic heterocycles. The number of anilines is 1. The summed E-state index contributed by atoms with van der Waals surface area (Å²) < 4.78 is 0. The summed E-state index contributed by atoms with van der Waals surface area (Å²) in [5.41, 5.74) is 2.52. The topological polar surface area (TPSA) is 67.5 Å². The summed E-state index contributed by atoms with van der Waals surface area (Å²) in [4.78, 5) is 15.0. The number of hydrogen-bond acceptors (Lipinski definition) is 3. The first kappa shape index (κ1) is 15.4. The number of nitrogens with one attached hydrogen (secondary N) is 1. The Hall–Kier alpha value is -3.47. The van der Waals surface area contributed by atoms with Crippen molar-refractivity contribution < 1.29 is 4.92 Å². The third-order valence-corrected chi connectivity index (χ3v) is 3.39. The Bertz CT molecular complexity index is 845. The summed E-state index contributed by atoms with van der Waals surface area (Å²) in [5.74, 6) is 0.627. The van der Waals surface area contributed by atoms with Crippen LogP contribution >= 0.6 is 0 Å². The number of hydrogen-bond donors (Lipinski definition) is 1. The molecular weight excluding hydrogens is 302 g/mol. The van der Waals surface area contributed by atoms with Gasteiger partial charge in [0.05, 0.1) is 10.6 Å². The van der Waals surface area contributed by atoms with Gasteiger partial charge >= 0.3 is 0 Å². The van der Waals surface area contributed by atoms with E-state index < -0.39 is 4.92 Å². The molecule has 0 fully saturated rings. The molecule has 3 aromatic rings. The third kappa shape index (κ3) is 3.84. The predicted molar refractivity (Wildman–Crippen MR) is 95.8 cm³/mol. The van der Waals surface area contributed by atoms with Gasteiger partial charge in [0.1, 0.15) is 5.84 Å². The van der Waals surface area contributed by atoms with Crippen molar-refractivity contribution in [3.8, 4) is 0 Å². The molecule has 24 heavy (non-hydrogen) atoms. The van der Waals surface area contributed by atoms with Gasteiger partial charge in [0.2, 0.25) is 0 Å². The number of benzene rings is 3. The van der Waals surface area contributed by atoms with E-state index in [9.17, 15) is 10.1 Å². The van der Waals surface area contributed by atoms with Crippen molar-refractivity contribution in [3.63, 3.8) is 0 Å². The molecule has 1 N–H and O–H groups in total. The Morgan fingerprint density at radius 3 is 2.00 bits per heavy atom. The summed E-state index contributed by atoms with van der Waals surface area (Å²) in [6, 6.07) is 25.5. The SMILES string of the molecule is O=[N+]([O-])c1ccc(/C(=N\c2ccccc2)Nc2ccccc2)cc1. The second-order valence-corrected chi connectivity index (χ2v) is 5.09. The maximum absolute atomic E-state index is 10.8. The van der Waals surface area contributed by atoms with Crippen molar-refractivity contribution in [1.82, 2.24) is 0 Å². The maximum Gasteiger partial charge on any atom is 0.269 e. The molecule has 3 rings (SSSR count). The van der Waals surface area contributed by atoms with E-state index in [4.69, 9.17) is 0 Å². The summed E-state index contributed by atoms with van der Waals surface area (Å²) >= 11 is 0. The maximum atomic E-state index is 10.8. The van der Waals surface area contributed by atoms with Crippen LogP contribution < -0.4 is 5.32 Å². The van der Waals surface area contributed by atoms with Gasteiger partial charge in [-0.2, -0.15) is 0 Å². The van der Waals surface area contributed by atoms with Crippen LogP contribution in [-0.4, -0.2) is 10.8 Å². The van der Waals surface area contributed by atoms with Gasteiger partial charge < -0.3 is 5.32 Å². The Balaban J connectivity index is 1.98. The number of para-hydroxylation sites is 2. The van der Waals surface area contributed by atoms with E-state index >= 15 is 0 Å². The molecule has 0 aliphatic rings. The number of nitro benzene ring substituents is 1. The molecule has 0 aliphatic heterocycles. The molecular formula is C19H15N3O2. The van der Waals surface area contributed by atoms with E-state index in [-0.39, 0.29) is 5.69 Å². The van der Waals surface area contributed by atoms with Crippen LogP contribution in [0.2, 0.25) is 0 Å². The highest BCUT2D eigenvalue weighted by atomic mass is 16.6. The highest BCUT2D eigenvalue weighted by molar-refractivity contribution is 6.09. The van der Waals surface area contributed by atoms with Crippen LogP contribution in [0.5, 0.6) is 0 Å². The minimum Gasteiger partial charge on any atom is -0.340 e. The fraction of sp³-hybridized carbons (Fsp3) is 0. The molecule has 0 heterocycles. The first-order valence-electron chi connectivity index (χ1n) is 7.43. The lowest BCUT2D eigenvalue weighted by Crippen LogP contribution is -2.13. The standard InChI is InChI=1S/C19H15N3O2/c23-22(24)18-13-11-15(12-14-18)19(20-16-7-3-1-4-8-16)21-17-9-5-2-6-10-17/h1-14H,(H,20,21). The quantitative estimate of drug-likeness (QED) is 0.326. The monoisotopic (exact) mass is 317 g/mol. The van der Waals surface area contributed by atoms with Crippen LogP contribution in [0.3, 0.4) is 0 Å². The third-order valence-electron chi connectivity index (χ3n) is 3.39. The Labute approximate surface area is 139 Å². The lowest BCUT2D eigenvalue weighted by atomic mass is 10.1. The molecule has 5 nitrogen and oxygen atoms in total. The van der Waals surface area contributed by atoms with Crippen LogP contribution in [0.4, 0.5) is 17.1 Å². The fourth-order valence-corrected chi connectivity index (χ4v) is 2.20. The Morgan fingerprint density at radius 2 is 1.42 bits per heavy atom. The average Bonchev–Trinajstić information content (AvgIpc) is 2.63. The summed E-state index contributed by atoms with van der Waals surface area (Å²) in [7, 11) is 0. The van der Waals surface area contributed by atoms with Crippen LogP contribution in [0.25, 0.3) is 0 Å². The number of nitrogens with zero attached hydrogens (tertiary/aromatic N) is 2. The number of aliphatic imine (C=N–C) groups is 1. The molecule has 0 spiro atoms. The summed E-state index contributed by atoms with van der Waals surface area (Å²) in [5, 5.41) is 14.1. The minimum atomic E-state index is -0.414. The van der Waals surface area contributed by atoms with Gasteiger partial charge in [-0.3, -0.25) is 10.1 Å². The van der Waals surface area contributed by atoms with Gasteiger partial charge in [0, 0.05) is 23.4 Å². The number of nitro groups is 1. The van der Waals surface area contributed by atoms with Crippen molar-refractivity contribution >= 4 is 22.9 Å². The molecule has 3 aromatic carbocycles. The van der Waals surface area contributed by atoms with Gasteiger partial charge in [0.25, 0.3) is 5.69 Å². The second kappa shape index (κ2) is 7.19. The minimum absolute atomic E-state index is 0.0533. The molecule has 118 valence electrons. The van der Waals surface area contributed by atoms with Crippen molar-refractivity contribution in [2.45, 2.75) is 0 Å². The van der Waals surface area contributed by atoms with Crippen molar-refractivity contribution in [3.05, 3.63) is 101 Å². The van der Waals surface area contributed by atoms with Crippen LogP contribution in [-0.2, 0) is 0 Å². The molecule has 0 amide bonds. The van der Waals surface area contributed by atoms with E-state index in [1.807, 2.05) is 60.7 Å². The molecule has 0 bridgehead atoms. The molecule has 0 radical (unpaired) electrons. The number of non-ortho nitro benzene ring substituents is 1. The normalized spacial score (nSPS) is 11.1. The first-order chi connectivity index (χ1) is 11.7. The van der Waals surface area contributed by atoms with E-state index in [0.29, 0.717) is 5.84 Å². The zero-order chi connectivity index (χ0) is 16.8. The van der Waals surface area contributed by atoms with Gasteiger partial charge in [-0.25, -0.2) is 4.99 Å². The molecule has 0 atom stereocenters. The van der Waals surface area contributed by atoms with Gasteiger partial charge in [0.15, 0.2) is 0 Å². The van der Waals surface area contributed by atoms with Crippen molar-refractivity contribution in [1.29, 1.82) is 0 Å². The molecule has 0 saturated carbocycles. The van der Waals surface area contributed by atoms with Crippen LogP contribution in [0.1, 0.15) is 5.56 Å². The van der Waals surface area contributed by atoms with E-state index in [1.54, 1.807) is 12.1 Å². The second-order valence-electron chi connectivity index (χ2n) is 5.09. The smallest absolute Gasteiger partial charge is 0.269 e. The summed E-state index contributed by atoms with van der Waals surface area (Å²) in [6.07, 6.45) is 0. The van der Waals surface area contributed by atoms with Crippen LogP contribution in [0, 0.1) is 10.1 Å². The molecule has 0 saturated heterocycles. The first-order valence-corrected chi connectivity index (χ1v) is 7.43. The van der Waals surface area contributed by atoms with Gasteiger partial charge in [-0.15, -0.1) is 0 Å². The van der Waals surface area contributed by atoms with Crippen molar-refractivity contribution in [2.24, 2.45) is 4.99 Å². The number of amidine groups is 1. The van der Waals surface area contributed by atoms with E-state index in [2.05, 4.69) is 10.3 Å². The van der Waals surface area contributed by atoms with E-state index in [0.717, 1.165) is 16.9 Å². The Kier molecular flexibility index (Phi) is 4.62. The van der Waals surface area contributed by atoms with Gasteiger partial charge in [-0.05, 0) is 36.4 Å².